The number of aliphatic hydroxyl groups excluding tert-OH is 1. The van der Waals surface area contributed by atoms with Crippen LogP contribution in [0, 0.1) is 0 Å². The van der Waals surface area contributed by atoms with Gasteiger partial charge in [0.1, 0.15) is 0 Å². The zero-order valence-corrected chi connectivity index (χ0v) is 9.50. The van der Waals surface area contributed by atoms with Gasteiger partial charge in [0.15, 0.2) is 0 Å². The van der Waals surface area contributed by atoms with Crippen LogP contribution in [0.15, 0.2) is 0 Å². The second-order valence-corrected chi connectivity index (χ2v) is 4.51. The molecule has 0 saturated carbocycles. The lowest BCUT2D eigenvalue weighted by Crippen LogP contribution is -2.54. The highest BCUT2D eigenvalue weighted by Gasteiger charge is 2.19. The number of unbranched alkanes of at least 4 members (excludes halogenated alkanes) is 2. The van der Waals surface area contributed by atoms with Crippen LogP contribution < -0.4 is 5.32 Å². The first-order valence-corrected chi connectivity index (χ1v) is 5.81. The Kier molecular flexibility index (Phi) is 5.45. The van der Waals surface area contributed by atoms with Crippen LogP contribution in [0.1, 0.15) is 33.1 Å². The Balaban J connectivity index is 2.10. The molecule has 0 amide bonds. The van der Waals surface area contributed by atoms with E-state index in [0.717, 1.165) is 12.8 Å². The van der Waals surface area contributed by atoms with Crippen LogP contribution in [-0.4, -0.2) is 48.3 Å². The third kappa shape index (κ3) is 4.40. The molecule has 2 unspecified atom stereocenters. The van der Waals surface area contributed by atoms with E-state index in [0.29, 0.717) is 18.7 Å². The fourth-order valence-electron chi connectivity index (χ4n) is 2.25. The zero-order valence-electron chi connectivity index (χ0n) is 9.50. The number of piperazine rings is 1. The van der Waals surface area contributed by atoms with Crippen molar-refractivity contribution in [2.24, 2.45) is 0 Å². The molecule has 0 aliphatic carbocycles. The molecule has 1 rings (SSSR count). The lowest BCUT2D eigenvalue weighted by atomic mass is 10.1. The van der Waals surface area contributed by atoms with Crippen LogP contribution in [0.5, 0.6) is 0 Å². The second kappa shape index (κ2) is 6.38. The van der Waals surface area contributed by atoms with Gasteiger partial charge in [-0.05, 0) is 39.7 Å². The van der Waals surface area contributed by atoms with Crippen LogP contribution in [0.4, 0.5) is 0 Å². The predicted molar refractivity (Wildman–Crippen MR) is 59.4 cm³/mol. The van der Waals surface area contributed by atoms with Gasteiger partial charge in [0.2, 0.25) is 0 Å². The quantitative estimate of drug-likeness (QED) is 0.645. The van der Waals surface area contributed by atoms with Crippen molar-refractivity contribution in [3.8, 4) is 0 Å². The molecule has 1 aliphatic heterocycles. The average molecular weight is 200 g/mol. The summed E-state index contributed by atoms with van der Waals surface area (Å²) in [6.07, 6.45) is 3.33. The first-order chi connectivity index (χ1) is 6.72. The Bertz CT molecular complexity index is 142. The minimum absolute atomic E-state index is 0.342. The number of nitrogens with zero attached hydrogens (tertiary/aromatic N) is 1. The Morgan fingerprint density at radius 1 is 1.14 bits per heavy atom. The van der Waals surface area contributed by atoms with E-state index < -0.39 is 0 Å². The van der Waals surface area contributed by atoms with E-state index in [9.17, 15) is 0 Å². The summed E-state index contributed by atoms with van der Waals surface area (Å²) in [6.45, 7) is 8.37. The summed E-state index contributed by atoms with van der Waals surface area (Å²) in [6, 6.07) is 1.24. The smallest absolute Gasteiger partial charge is 0.0431 e. The van der Waals surface area contributed by atoms with E-state index in [1.165, 1.54) is 26.1 Å². The van der Waals surface area contributed by atoms with Crippen molar-refractivity contribution in [2.45, 2.75) is 45.2 Å². The first kappa shape index (κ1) is 12.0. The molecular weight excluding hydrogens is 176 g/mol. The molecule has 0 spiro atoms. The molecular formula is C11H24N2O. The molecule has 2 N–H and O–H groups in total. The predicted octanol–water partition coefficient (Wildman–Crippen LogP) is 0.831. The largest absolute Gasteiger partial charge is 0.396 e. The summed E-state index contributed by atoms with van der Waals surface area (Å²) >= 11 is 0. The average Bonchev–Trinajstić information content (AvgIpc) is 2.11. The highest BCUT2D eigenvalue weighted by molar-refractivity contribution is 4.80. The van der Waals surface area contributed by atoms with Gasteiger partial charge in [0.25, 0.3) is 0 Å². The minimum atomic E-state index is 0.342. The van der Waals surface area contributed by atoms with Crippen LogP contribution >= 0.6 is 0 Å². The van der Waals surface area contributed by atoms with Gasteiger partial charge >= 0.3 is 0 Å². The van der Waals surface area contributed by atoms with Gasteiger partial charge in [0, 0.05) is 31.8 Å². The van der Waals surface area contributed by atoms with E-state index >= 15 is 0 Å². The fraction of sp³-hybridized carbons (Fsp3) is 1.00. The summed E-state index contributed by atoms with van der Waals surface area (Å²) in [5, 5.41) is 12.2. The second-order valence-electron chi connectivity index (χ2n) is 4.51. The molecule has 1 saturated heterocycles. The standard InChI is InChI=1S/C11H24N2O/c1-10-8-13(9-11(2)12-10)6-4-3-5-7-14/h10-12,14H,3-9H2,1-2H3. The Labute approximate surface area is 87.5 Å². The number of nitrogens with one attached hydrogen (secondary N) is 1. The van der Waals surface area contributed by atoms with Crippen molar-refractivity contribution < 1.29 is 5.11 Å². The maximum absolute atomic E-state index is 8.66. The molecule has 3 heteroatoms. The highest BCUT2D eigenvalue weighted by Crippen LogP contribution is 2.06. The maximum atomic E-state index is 8.66. The van der Waals surface area contributed by atoms with Crippen molar-refractivity contribution >= 4 is 0 Å². The molecule has 0 bridgehead atoms. The molecule has 84 valence electrons. The summed E-state index contributed by atoms with van der Waals surface area (Å²) < 4.78 is 0. The molecule has 1 heterocycles. The van der Waals surface area contributed by atoms with E-state index in [4.69, 9.17) is 5.11 Å². The van der Waals surface area contributed by atoms with Gasteiger partial charge in [-0.25, -0.2) is 0 Å². The van der Waals surface area contributed by atoms with Crippen LogP contribution in [-0.2, 0) is 0 Å². The summed E-state index contributed by atoms with van der Waals surface area (Å²) in [4.78, 5) is 2.53. The molecule has 2 atom stereocenters. The van der Waals surface area contributed by atoms with Gasteiger partial charge in [-0.2, -0.15) is 0 Å². The van der Waals surface area contributed by atoms with Crippen LogP contribution in [0.25, 0.3) is 0 Å². The van der Waals surface area contributed by atoms with Gasteiger partial charge in [-0.3, -0.25) is 0 Å². The summed E-state index contributed by atoms with van der Waals surface area (Å²) in [5.41, 5.74) is 0. The van der Waals surface area contributed by atoms with Crippen molar-refractivity contribution in [1.82, 2.24) is 10.2 Å². The molecule has 0 radical (unpaired) electrons. The molecule has 0 aromatic rings. The number of hydrogen-bond donors (Lipinski definition) is 2. The minimum Gasteiger partial charge on any atom is -0.396 e. The maximum Gasteiger partial charge on any atom is 0.0431 e. The fourth-order valence-corrected chi connectivity index (χ4v) is 2.25. The van der Waals surface area contributed by atoms with E-state index in [1.807, 2.05) is 0 Å². The van der Waals surface area contributed by atoms with E-state index in [-0.39, 0.29) is 0 Å². The molecule has 14 heavy (non-hydrogen) atoms. The molecule has 0 aromatic carbocycles. The lowest BCUT2D eigenvalue weighted by Gasteiger charge is -2.36. The molecule has 1 aliphatic rings. The van der Waals surface area contributed by atoms with Crippen molar-refractivity contribution in [3.05, 3.63) is 0 Å². The number of hydrogen-bond acceptors (Lipinski definition) is 3. The molecule has 0 aromatic heterocycles. The normalized spacial score (nSPS) is 29.4. The SMILES string of the molecule is CC1CN(CCCCCO)CC(C)N1. The monoisotopic (exact) mass is 200 g/mol. The summed E-state index contributed by atoms with van der Waals surface area (Å²) in [5.74, 6) is 0. The Morgan fingerprint density at radius 2 is 1.79 bits per heavy atom. The number of aliphatic hydroxyl groups is 1. The van der Waals surface area contributed by atoms with Crippen molar-refractivity contribution in [2.75, 3.05) is 26.2 Å². The van der Waals surface area contributed by atoms with Gasteiger partial charge in [-0.1, -0.05) is 0 Å². The molecule has 1 fully saturated rings. The van der Waals surface area contributed by atoms with Gasteiger partial charge < -0.3 is 15.3 Å². The van der Waals surface area contributed by atoms with Crippen molar-refractivity contribution in [1.29, 1.82) is 0 Å². The van der Waals surface area contributed by atoms with Crippen molar-refractivity contribution in [3.63, 3.8) is 0 Å². The van der Waals surface area contributed by atoms with Gasteiger partial charge in [-0.15, -0.1) is 0 Å². The van der Waals surface area contributed by atoms with E-state index in [2.05, 4.69) is 24.1 Å². The van der Waals surface area contributed by atoms with Crippen LogP contribution in [0.3, 0.4) is 0 Å². The lowest BCUT2D eigenvalue weighted by molar-refractivity contribution is 0.169. The highest BCUT2D eigenvalue weighted by atomic mass is 16.2. The third-order valence-corrected chi connectivity index (χ3v) is 2.77. The van der Waals surface area contributed by atoms with E-state index in [1.54, 1.807) is 0 Å². The number of rotatable bonds is 5. The third-order valence-electron chi connectivity index (χ3n) is 2.77. The zero-order chi connectivity index (χ0) is 10.4. The topological polar surface area (TPSA) is 35.5 Å². The summed E-state index contributed by atoms with van der Waals surface area (Å²) in [7, 11) is 0. The van der Waals surface area contributed by atoms with Crippen LogP contribution in [0.2, 0.25) is 0 Å². The van der Waals surface area contributed by atoms with Gasteiger partial charge in [0.05, 0.1) is 0 Å². The Morgan fingerprint density at radius 3 is 2.36 bits per heavy atom. The molecule has 3 nitrogen and oxygen atoms in total. The first-order valence-electron chi connectivity index (χ1n) is 5.81. The Hall–Kier alpha value is -0.120.